The highest BCUT2D eigenvalue weighted by atomic mass is 16.5. The molecule has 0 spiro atoms. The van der Waals surface area contributed by atoms with Crippen molar-refractivity contribution >= 4 is 5.91 Å². The molecule has 1 aromatic rings. The van der Waals surface area contributed by atoms with Gasteiger partial charge in [-0.25, -0.2) is 0 Å². The van der Waals surface area contributed by atoms with Gasteiger partial charge in [0.25, 0.3) is 0 Å². The maximum atomic E-state index is 12.4. The first-order valence-corrected chi connectivity index (χ1v) is 15.4. The topological polar surface area (TPSA) is 69.0 Å². The number of aromatic nitrogens is 3. The van der Waals surface area contributed by atoms with Crippen molar-refractivity contribution in [3.05, 3.63) is 11.9 Å². The lowest BCUT2D eigenvalue weighted by Crippen LogP contribution is -2.34. The van der Waals surface area contributed by atoms with Crippen LogP contribution >= 0.6 is 0 Å². The van der Waals surface area contributed by atoms with Crippen molar-refractivity contribution in [3.8, 4) is 0 Å². The van der Waals surface area contributed by atoms with Crippen LogP contribution in [0.5, 0.6) is 0 Å². The third kappa shape index (κ3) is 17.9. The molecule has 1 aromatic heterocycles. The molecule has 1 N–H and O–H groups in total. The van der Waals surface area contributed by atoms with Crippen LogP contribution in [0.2, 0.25) is 0 Å². The number of ether oxygens (including phenoxy) is 1. The van der Waals surface area contributed by atoms with Crippen LogP contribution in [-0.4, -0.2) is 39.7 Å². The predicted molar refractivity (Wildman–Crippen MR) is 151 cm³/mol. The Morgan fingerprint density at radius 3 is 2.36 bits per heavy atom. The molecule has 1 heterocycles. The van der Waals surface area contributed by atoms with Crippen LogP contribution in [-0.2, 0) is 22.5 Å². The zero-order chi connectivity index (χ0) is 26.3. The molecule has 0 radical (unpaired) electrons. The fourth-order valence-electron chi connectivity index (χ4n) is 4.77. The van der Waals surface area contributed by atoms with Crippen LogP contribution in [0.3, 0.4) is 0 Å². The quantitative estimate of drug-likeness (QED) is 0.137. The van der Waals surface area contributed by atoms with Crippen molar-refractivity contribution in [2.45, 2.75) is 168 Å². The number of nitrogens with zero attached hydrogens (tertiary/aromatic N) is 3. The molecule has 0 fully saturated rings. The van der Waals surface area contributed by atoms with Crippen molar-refractivity contribution in [2.75, 3.05) is 6.61 Å². The van der Waals surface area contributed by atoms with E-state index in [4.69, 9.17) is 4.74 Å². The number of rotatable bonds is 25. The molecule has 0 saturated carbocycles. The molecular formula is C30H58N4O2. The zero-order valence-electron chi connectivity index (χ0n) is 24.2. The Morgan fingerprint density at radius 2 is 1.58 bits per heavy atom. The van der Waals surface area contributed by atoms with Gasteiger partial charge in [-0.3, -0.25) is 9.48 Å². The second kappa shape index (κ2) is 22.7. The fourth-order valence-corrected chi connectivity index (χ4v) is 4.77. The number of carbonyl (C=O) groups excluding carboxylic acids is 1. The average molecular weight is 507 g/mol. The maximum absolute atomic E-state index is 12.4. The number of hydrogen-bond acceptors (Lipinski definition) is 4. The first-order valence-electron chi connectivity index (χ1n) is 15.4. The average Bonchev–Trinajstić information content (AvgIpc) is 3.31. The first-order chi connectivity index (χ1) is 17.6. The highest BCUT2D eigenvalue weighted by Gasteiger charge is 2.11. The Labute approximate surface area is 222 Å². The second-order valence-electron chi connectivity index (χ2n) is 10.7. The molecule has 0 aliphatic carbocycles. The lowest BCUT2D eigenvalue weighted by Gasteiger charge is -2.18. The third-order valence-corrected chi connectivity index (χ3v) is 6.96. The fraction of sp³-hybridized carbons (Fsp3) is 0.900. The van der Waals surface area contributed by atoms with E-state index < -0.39 is 0 Å². The summed E-state index contributed by atoms with van der Waals surface area (Å²) in [5.74, 6) is 0.229. The van der Waals surface area contributed by atoms with E-state index >= 15 is 0 Å². The summed E-state index contributed by atoms with van der Waals surface area (Å²) in [5, 5.41) is 11.9. The summed E-state index contributed by atoms with van der Waals surface area (Å²) in [4.78, 5) is 12.4. The van der Waals surface area contributed by atoms with Gasteiger partial charge < -0.3 is 10.1 Å². The molecule has 6 heteroatoms. The molecule has 2 atom stereocenters. The van der Waals surface area contributed by atoms with E-state index in [1.807, 2.05) is 4.68 Å². The first kappa shape index (κ1) is 32.6. The Hall–Kier alpha value is -1.43. The van der Waals surface area contributed by atoms with E-state index in [9.17, 15) is 4.79 Å². The van der Waals surface area contributed by atoms with Gasteiger partial charge >= 0.3 is 0 Å². The monoisotopic (exact) mass is 506 g/mol. The van der Waals surface area contributed by atoms with Gasteiger partial charge in [0, 0.05) is 31.8 Å². The number of amides is 1. The van der Waals surface area contributed by atoms with Gasteiger partial charge in [-0.05, 0) is 58.3 Å². The van der Waals surface area contributed by atoms with E-state index in [1.54, 1.807) is 0 Å². The highest BCUT2D eigenvalue weighted by molar-refractivity contribution is 5.76. The molecule has 0 saturated heterocycles. The van der Waals surface area contributed by atoms with E-state index in [0.29, 0.717) is 18.6 Å². The minimum atomic E-state index is 0.229. The smallest absolute Gasteiger partial charge is 0.220 e. The zero-order valence-corrected chi connectivity index (χ0v) is 24.2. The summed E-state index contributed by atoms with van der Waals surface area (Å²) in [5.41, 5.74) is 1.10. The Morgan fingerprint density at radius 1 is 0.861 bits per heavy atom. The molecule has 0 aliphatic heterocycles. The summed E-state index contributed by atoms with van der Waals surface area (Å²) in [6.45, 7) is 10.6. The lowest BCUT2D eigenvalue weighted by atomic mass is 10.0. The molecule has 0 aromatic carbocycles. The van der Waals surface area contributed by atoms with E-state index in [2.05, 4.69) is 49.5 Å². The minimum Gasteiger partial charge on any atom is -0.379 e. The Bertz CT molecular complexity index is 634. The number of hydrogen-bond donors (Lipinski definition) is 1. The largest absolute Gasteiger partial charge is 0.379 e. The molecule has 0 bridgehead atoms. The Balaban J connectivity index is 2.06. The van der Waals surface area contributed by atoms with Gasteiger partial charge in [0.05, 0.1) is 11.8 Å². The number of unbranched alkanes of at least 4 members (excludes halogenated alkanes) is 9. The van der Waals surface area contributed by atoms with Crippen molar-refractivity contribution in [3.63, 3.8) is 0 Å². The van der Waals surface area contributed by atoms with Crippen molar-refractivity contribution in [1.29, 1.82) is 0 Å². The third-order valence-electron chi connectivity index (χ3n) is 6.96. The summed E-state index contributed by atoms with van der Waals surface area (Å²) >= 11 is 0. The van der Waals surface area contributed by atoms with Crippen molar-refractivity contribution in [1.82, 2.24) is 20.3 Å². The Kier molecular flexibility index (Phi) is 20.6. The SMILES string of the molecule is CCCCCCCC(CCC)NC(=O)CCCCCn1cc(CCCCCCOC(C)CCC)nn1. The van der Waals surface area contributed by atoms with Crippen LogP contribution in [0.25, 0.3) is 0 Å². The second-order valence-corrected chi connectivity index (χ2v) is 10.7. The van der Waals surface area contributed by atoms with Gasteiger partial charge in [-0.15, -0.1) is 5.10 Å². The lowest BCUT2D eigenvalue weighted by molar-refractivity contribution is -0.122. The minimum absolute atomic E-state index is 0.229. The molecule has 36 heavy (non-hydrogen) atoms. The molecule has 210 valence electrons. The highest BCUT2D eigenvalue weighted by Crippen LogP contribution is 2.12. The van der Waals surface area contributed by atoms with E-state index in [-0.39, 0.29) is 5.91 Å². The number of carbonyl (C=O) groups is 1. The van der Waals surface area contributed by atoms with Crippen LogP contribution < -0.4 is 5.32 Å². The van der Waals surface area contributed by atoms with Crippen molar-refractivity contribution in [2.24, 2.45) is 0 Å². The summed E-state index contributed by atoms with van der Waals surface area (Å²) in [7, 11) is 0. The molecular weight excluding hydrogens is 448 g/mol. The summed E-state index contributed by atoms with van der Waals surface area (Å²) in [6, 6.07) is 0.362. The maximum Gasteiger partial charge on any atom is 0.220 e. The van der Waals surface area contributed by atoms with Gasteiger partial charge in [0.15, 0.2) is 0 Å². The number of aryl methyl sites for hydroxylation is 2. The van der Waals surface area contributed by atoms with Crippen molar-refractivity contribution < 1.29 is 9.53 Å². The number of nitrogens with one attached hydrogen (secondary N) is 1. The summed E-state index contributed by atoms with van der Waals surface area (Å²) in [6.07, 6.45) is 24.1. The van der Waals surface area contributed by atoms with Gasteiger partial charge in [-0.2, -0.15) is 0 Å². The van der Waals surface area contributed by atoms with Gasteiger partial charge in [0.1, 0.15) is 0 Å². The molecule has 2 unspecified atom stereocenters. The van der Waals surface area contributed by atoms with E-state index in [0.717, 1.165) is 83.1 Å². The van der Waals surface area contributed by atoms with Crippen LogP contribution in [0, 0.1) is 0 Å². The van der Waals surface area contributed by atoms with Gasteiger partial charge in [0.2, 0.25) is 5.91 Å². The predicted octanol–water partition coefficient (Wildman–Crippen LogP) is 7.79. The van der Waals surface area contributed by atoms with Gasteiger partial charge in [-0.1, -0.05) is 90.2 Å². The van der Waals surface area contributed by atoms with Crippen LogP contribution in [0.15, 0.2) is 6.20 Å². The van der Waals surface area contributed by atoms with Crippen LogP contribution in [0.4, 0.5) is 0 Å². The molecule has 0 aliphatic rings. The standard InChI is InChI=1S/C30H58N4O2/c1-5-8-9-10-14-21-28(20-7-3)31-30(35)23-16-13-17-24-34-26-29(32-33-34)22-15-11-12-18-25-36-27(4)19-6-2/h26-28H,5-25H2,1-4H3,(H,31,35). The molecule has 1 amide bonds. The normalized spacial score (nSPS) is 13.1. The molecule has 6 nitrogen and oxygen atoms in total. The van der Waals surface area contributed by atoms with Crippen LogP contribution in [0.1, 0.15) is 149 Å². The molecule has 1 rings (SSSR count). The summed E-state index contributed by atoms with van der Waals surface area (Å²) < 4.78 is 7.79. The van der Waals surface area contributed by atoms with E-state index in [1.165, 1.54) is 51.4 Å².